The van der Waals surface area contributed by atoms with Gasteiger partial charge in [0.15, 0.2) is 0 Å². The first kappa shape index (κ1) is 15.4. The number of hydrogen-bond acceptors (Lipinski definition) is 2. The monoisotopic (exact) mass is 314 g/mol. The maximum absolute atomic E-state index is 10.9. The summed E-state index contributed by atoms with van der Waals surface area (Å²) in [5.41, 5.74) is 1.92. The highest BCUT2D eigenvalue weighted by atomic mass is 16.5. The van der Waals surface area contributed by atoms with Crippen LogP contribution in [0.2, 0.25) is 0 Å². The van der Waals surface area contributed by atoms with Crippen LogP contribution < -0.4 is 4.74 Å². The van der Waals surface area contributed by atoms with Gasteiger partial charge in [-0.3, -0.25) is 0 Å². The van der Waals surface area contributed by atoms with Crippen LogP contribution in [0.5, 0.6) is 11.5 Å². The zero-order chi connectivity index (χ0) is 16.8. The van der Waals surface area contributed by atoms with Gasteiger partial charge in [0.2, 0.25) is 0 Å². The third kappa shape index (κ3) is 3.82. The minimum Gasteiger partial charge on any atom is -0.478 e. The molecule has 3 rings (SSSR count). The molecule has 3 aromatic rings. The SMILES string of the molecule is O=C(O)c1ccc(Oc2ccccc2C#Cc2ccccc2)cc1. The standard InChI is InChI=1S/C21H14O3/c22-21(23)18-12-14-19(15-13-18)24-20-9-5-4-8-17(20)11-10-16-6-2-1-3-7-16/h1-9,12-15H,(H,22,23). The molecule has 24 heavy (non-hydrogen) atoms. The number of carboxylic acids is 1. The highest BCUT2D eigenvalue weighted by Crippen LogP contribution is 2.25. The Morgan fingerprint density at radius 1 is 0.792 bits per heavy atom. The van der Waals surface area contributed by atoms with E-state index in [1.807, 2.05) is 54.6 Å². The van der Waals surface area contributed by atoms with E-state index in [0.29, 0.717) is 11.5 Å². The number of carbonyl (C=O) groups is 1. The molecule has 0 spiro atoms. The normalized spacial score (nSPS) is 9.67. The Morgan fingerprint density at radius 3 is 2.17 bits per heavy atom. The molecule has 0 saturated carbocycles. The predicted octanol–water partition coefficient (Wildman–Crippen LogP) is 4.58. The molecule has 0 unspecified atom stereocenters. The fourth-order valence-corrected chi connectivity index (χ4v) is 2.11. The summed E-state index contributed by atoms with van der Waals surface area (Å²) in [6.45, 7) is 0. The number of hydrogen-bond donors (Lipinski definition) is 1. The maximum Gasteiger partial charge on any atom is 0.335 e. The van der Waals surface area contributed by atoms with Gasteiger partial charge in [0.05, 0.1) is 11.1 Å². The van der Waals surface area contributed by atoms with E-state index < -0.39 is 5.97 Å². The molecule has 0 aliphatic heterocycles. The van der Waals surface area contributed by atoms with Gasteiger partial charge < -0.3 is 9.84 Å². The second-order valence-corrected chi connectivity index (χ2v) is 5.04. The lowest BCUT2D eigenvalue weighted by molar-refractivity contribution is 0.0697. The summed E-state index contributed by atoms with van der Waals surface area (Å²) >= 11 is 0. The van der Waals surface area contributed by atoms with Crippen LogP contribution in [-0.2, 0) is 0 Å². The van der Waals surface area contributed by atoms with Gasteiger partial charge in [0, 0.05) is 5.56 Å². The summed E-state index contributed by atoms with van der Waals surface area (Å²) < 4.78 is 5.84. The molecule has 0 saturated heterocycles. The fraction of sp³-hybridized carbons (Fsp3) is 0. The Kier molecular flexibility index (Phi) is 4.60. The van der Waals surface area contributed by atoms with Crippen LogP contribution in [0, 0.1) is 11.8 Å². The Hall–Kier alpha value is -3.51. The molecule has 0 radical (unpaired) electrons. The van der Waals surface area contributed by atoms with Crippen LogP contribution >= 0.6 is 0 Å². The minimum absolute atomic E-state index is 0.222. The maximum atomic E-state index is 10.9. The molecule has 0 aromatic heterocycles. The molecule has 0 heterocycles. The molecule has 3 aromatic carbocycles. The number of carboxylic acid groups (broad SMARTS) is 1. The van der Waals surface area contributed by atoms with Crippen molar-refractivity contribution in [2.75, 3.05) is 0 Å². The molecule has 1 N–H and O–H groups in total. The second-order valence-electron chi connectivity index (χ2n) is 5.04. The van der Waals surface area contributed by atoms with Gasteiger partial charge in [-0.15, -0.1) is 0 Å². The second kappa shape index (κ2) is 7.17. The lowest BCUT2D eigenvalue weighted by Gasteiger charge is -2.07. The van der Waals surface area contributed by atoms with E-state index in [1.165, 1.54) is 12.1 Å². The van der Waals surface area contributed by atoms with Crippen molar-refractivity contribution in [3.05, 3.63) is 95.6 Å². The Balaban J connectivity index is 1.84. The van der Waals surface area contributed by atoms with Gasteiger partial charge in [0.25, 0.3) is 0 Å². The van der Waals surface area contributed by atoms with E-state index in [4.69, 9.17) is 9.84 Å². The first-order valence-electron chi connectivity index (χ1n) is 7.40. The van der Waals surface area contributed by atoms with Crippen molar-refractivity contribution in [2.24, 2.45) is 0 Å². The molecule has 3 nitrogen and oxygen atoms in total. The molecule has 0 bridgehead atoms. The summed E-state index contributed by atoms with van der Waals surface area (Å²) in [4.78, 5) is 10.9. The van der Waals surface area contributed by atoms with Crippen LogP contribution in [0.3, 0.4) is 0 Å². The van der Waals surface area contributed by atoms with Gasteiger partial charge in [-0.25, -0.2) is 4.79 Å². The molecular weight excluding hydrogens is 300 g/mol. The van der Waals surface area contributed by atoms with Crippen molar-refractivity contribution < 1.29 is 14.6 Å². The van der Waals surface area contributed by atoms with Crippen molar-refractivity contribution >= 4 is 5.97 Å². The number of aromatic carboxylic acids is 1. The van der Waals surface area contributed by atoms with Crippen LogP contribution in [0.15, 0.2) is 78.9 Å². The highest BCUT2D eigenvalue weighted by molar-refractivity contribution is 5.87. The average Bonchev–Trinajstić information content (AvgIpc) is 2.62. The van der Waals surface area contributed by atoms with Gasteiger partial charge in [0.1, 0.15) is 11.5 Å². The largest absolute Gasteiger partial charge is 0.478 e. The van der Waals surface area contributed by atoms with Crippen LogP contribution in [0.25, 0.3) is 0 Å². The third-order valence-corrected chi connectivity index (χ3v) is 3.33. The average molecular weight is 314 g/mol. The van der Waals surface area contributed by atoms with E-state index in [0.717, 1.165) is 11.1 Å². The van der Waals surface area contributed by atoms with E-state index in [-0.39, 0.29) is 5.56 Å². The predicted molar refractivity (Wildman–Crippen MR) is 92.3 cm³/mol. The summed E-state index contributed by atoms with van der Waals surface area (Å²) in [5, 5.41) is 8.93. The number of benzene rings is 3. The molecular formula is C21H14O3. The van der Waals surface area contributed by atoms with E-state index >= 15 is 0 Å². The lowest BCUT2D eigenvalue weighted by atomic mass is 10.1. The molecule has 0 amide bonds. The number of para-hydroxylation sites is 1. The summed E-state index contributed by atoms with van der Waals surface area (Å²) in [5.74, 6) is 6.44. The van der Waals surface area contributed by atoms with Gasteiger partial charge >= 0.3 is 5.97 Å². The molecule has 0 fully saturated rings. The van der Waals surface area contributed by atoms with Crippen molar-refractivity contribution in [2.45, 2.75) is 0 Å². The van der Waals surface area contributed by atoms with Gasteiger partial charge in [-0.2, -0.15) is 0 Å². The fourth-order valence-electron chi connectivity index (χ4n) is 2.11. The zero-order valence-corrected chi connectivity index (χ0v) is 12.8. The smallest absolute Gasteiger partial charge is 0.335 e. The molecule has 0 atom stereocenters. The molecule has 116 valence electrons. The molecule has 3 heteroatoms. The Bertz CT molecular complexity index is 901. The molecule has 0 aliphatic rings. The first-order chi connectivity index (χ1) is 11.7. The Labute approximate surface area is 140 Å². The lowest BCUT2D eigenvalue weighted by Crippen LogP contribution is -1.95. The number of ether oxygens (including phenoxy) is 1. The van der Waals surface area contributed by atoms with Crippen molar-refractivity contribution in [1.82, 2.24) is 0 Å². The minimum atomic E-state index is -0.962. The Morgan fingerprint density at radius 2 is 1.46 bits per heavy atom. The quantitative estimate of drug-likeness (QED) is 0.720. The number of rotatable bonds is 3. The molecule has 0 aliphatic carbocycles. The summed E-state index contributed by atoms with van der Waals surface area (Å²) in [6.07, 6.45) is 0. The van der Waals surface area contributed by atoms with Crippen LogP contribution in [0.4, 0.5) is 0 Å². The van der Waals surface area contributed by atoms with Crippen LogP contribution in [-0.4, -0.2) is 11.1 Å². The van der Waals surface area contributed by atoms with Crippen LogP contribution in [0.1, 0.15) is 21.5 Å². The van der Waals surface area contributed by atoms with E-state index in [2.05, 4.69) is 11.8 Å². The summed E-state index contributed by atoms with van der Waals surface area (Å²) in [6, 6.07) is 23.5. The zero-order valence-electron chi connectivity index (χ0n) is 12.8. The summed E-state index contributed by atoms with van der Waals surface area (Å²) in [7, 11) is 0. The highest BCUT2D eigenvalue weighted by Gasteiger charge is 2.05. The van der Waals surface area contributed by atoms with Crippen molar-refractivity contribution in [3.8, 4) is 23.3 Å². The van der Waals surface area contributed by atoms with Gasteiger partial charge in [-0.1, -0.05) is 42.2 Å². The van der Waals surface area contributed by atoms with Crippen molar-refractivity contribution in [1.29, 1.82) is 0 Å². The van der Waals surface area contributed by atoms with E-state index in [9.17, 15) is 4.79 Å². The van der Waals surface area contributed by atoms with Gasteiger partial charge in [-0.05, 0) is 48.5 Å². The first-order valence-corrected chi connectivity index (χ1v) is 7.40. The third-order valence-electron chi connectivity index (χ3n) is 3.33. The van der Waals surface area contributed by atoms with Crippen molar-refractivity contribution in [3.63, 3.8) is 0 Å². The van der Waals surface area contributed by atoms with E-state index in [1.54, 1.807) is 12.1 Å². The topological polar surface area (TPSA) is 46.5 Å².